The Bertz CT molecular complexity index is 472. The summed E-state index contributed by atoms with van der Waals surface area (Å²) in [7, 11) is 0. The molecule has 1 aliphatic carbocycles. The monoisotopic (exact) mass is 295 g/mol. The fraction of sp³-hybridized carbons (Fsp3) is 0.562. The van der Waals surface area contributed by atoms with Crippen molar-refractivity contribution >= 4 is 23.3 Å². The van der Waals surface area contributed by atoms with Gasteiger partial charge in [0.1, 0.15) is 0 Å². The predicted molar refractivity (Wildman–Crippen MR) is 81.8 cm³/mol. The number of hydrogen-bond acceptors (Lipinski definition) is 3. The lowest BCUT2D eigenvalue weighted by Gasteiger charge is -2.17. The smallest absolute Gasteiger partial charge is 0.306 e. The lowest BCUT2D eigenvalue weighted by molar-refractivity contribution is -0.144. The molecule has 4 heteroatoms. The SMILES string of the molecule is CCCCOC(=O)CC(c1ccc(Cl)c(N)c1)C1CC1. The van der Waals surface area contributed by atoms with E-state index in [-0.39, 0.29) is 11.9 Å². The molecule has 110 valence electrons. The Morgan fingerprint density at radius 1 is 1.50 bits per heavy atom. The van der Waals surface area contributed by atoms with Gasteiger partial charge in [0.05, 0.1) is 23.7 Å². The number of rotatable bonds is 7. The maximum Gasteiger partial charge on any atom is 0.306 e. The summed E-state index contributed by atoms with van der Waals surface area (Å²) < 4.78 is 5.27. The Kier molecular flexibility index (Phi) is 5.30. The number of anilines is 1. The van der Waals surface area contributed by atoms with Gasteiger partial charge < -0.3 is 10.5 Å². The van der Waals surface area contributed by atoms with Gasteiger partial charge >= 0.3 is 5.97 Å². The molecule has 0 spiro atoms. The third-order valence-corrected chi connectivity index (χ3v) is 4.13. The van der Waals surface area contributed by atoms with E-state index in [2.05, 4.69) is 6.92 Å². The highest BCUT2D eigenvalue weighted by Gasteiger charge is 2.34. The van der Waals surface area contributed by atoms with Crippen LogP contribution in [0.2, 0.25) is 5.02 Å². The van der Waals surface area contributed by atoms with Crippen molar-refractivity contribution in [3.63, 3.8) is 0 Å². The van der Waals surface area contributed by atoms with Crippen molar-refractivity contribution in [2.45, 2.75) is 44.9 Å². The third-order valence-electron chi connectivity index (χ3n) is 3.79. The van der Waals surface area contributed by atoms with Crippen LogP contribution in [-0.2, 0) is 9.53 Å². The van der Waals surface area contributed by atoms with Crippen LogP contribution < -0.4 is 5.73 Å². The maximum atomic E-state index is 11.9. The van der Waals surface area contributed by atoms with Crippen molar-refractivity contribution in [1.29, 1.82) is 0 Å². The number of nitrogen functional groups attached to an aromatic ring is 1. The molecule has 1 aromatic rings. The number of hydrogen-bond donors (Lipinski definition) is 1. The highest BCUT2D eigenvalue weighted by atomic mass is 35.5. The van der Waals surface area contributed by atoms with Crippen LogP contribution in [0.4, 0.5) is 5.69 Å². The molecular weight excluding hydrogens is 274 g/mol. The topological polar surface area (TPSA) is 52.3 Å². The van der Waals surface area contributed by atoms with Gasteiger partial charge in [-0.25, -0.2) is 0 Å². The van der Waals surface area contributed by atoms with E-state index in [1.807, 2.05) is 18.2 Å². The molecule has 0 aromatic heterocycles. The van der Waals surface area contributed by atoms with Gasteiger partial charge in [-0.05, 0) is 48.8 Å². The summed E-state index contributed by atoms with van der Waals surface area (Å²) in [6.07, 6.45) is 4.75. The van der Waals surface area contributed by atoms with Crippen LogP contribution in [0, 0.1) is 5.92 Å². The van der Waals surface area contributed by atoms with E-state index in [1.165, 1.54) is 12.8 Å². The molecule has 1 aliphatic rings. The zero-order chi connectivity index (χ0) is 14.5. The molecule has 1 atom stereocenters. The molecule has 0 amide bonds. The second-order valence-corrected chi connectivity index (χ2v) is 5.91. The second kappa shape index (κ2) is 6.98. The lowest BCUT2D eigenvalue weighted by Crippen LogP contribution is -2.13. The molecule has 20 heavy (non-hydrogen) atoms. The first-order valence-corrected chi connectivity index (χ1v) is 7.70. The molecule has 0 heterocycles. The van der Waals surface area contributed by atoms with Crippen LogP contribution in [0.25, 0.3) is 0 Å². The molecule has 3 nitrogen and oxygen atoms in total. The Labute approximate surface area is 125 Å². The first-order chi connectivity index (χ1) is 9.61. The van der Waals surface area contributed by atoms with Crippen LogP contribution >= 0.6 is 11.6 Å². The zero-order valence-corrected chi connectivity index (χ0v) is 12.7. The van der Waals surface area contributed by atoms with E-state index in [1.54, 1.807) is 0 Å². The fourth-order valence-corrected chi connectivity index (χ4v) is 2.53. The number of esters is 1. The highest BCUT2D eigenvalue weighted by Crippen LogP contribution is 2.45. The summed E-state index contributed by atoms with van der Waals surface area (Å²) in [6.45, 7) is 2.60. The lowest BCUT2D eigenvalue weighted by atomic mass is 9.91. The van der Waals surface area contributed by atoms with Crippen molar-refractivity contribution in [2.24, 2.45) is 5.92 Å². The largest absolute Gasteiger partial charge is 0.466 e. The Morgan fingerprint density at radius 3 is 2.85 bits per heavy atom. The molecule has 1 aromatic carbocycles. The summed E-state index contributed by atoms with van der Waals surface area (Å²) in [4.78, 5) is 11.9. The maximum absolute atomic E-state index is 11.9. The van der Waals surface area contributed by atoms with Gasteiger partial charge in [0.2, 0.25) is 0 Å². The molecule has 0 radical (unpaired) electrons. The first kappa shape index (κ1) is 15.2. The molecule has 1 unspecified atom stereocenters. The highest BCUT2D eigenvalue weighted by molar-refractivity contribution is 6.33. The van der Waals surface area contributed by atoms with Crippen molar-refractivity contribution in [2.75, 3.05) is 12.3 Å². The molecule has 1 fully saturated rings. The van der Waals surface area contributed by atoms with Gasteiger partial charge in [-0.3, -0.25) is 4.79 Å². The summed E-state index contributed by atoms with van der Waals surface area (Å²) in [5.41, 5.74) is 7.54. The van der Waals surface area contributed by atoms with Crippen LogP contribution in [0.1, 0.15) is 50.5 Å². The van der Waals surface area contributed by atoms with Gasteiger partial charge in [-0.15, -0.1) is 0 Å². The molecule has 0 bridgehead atoms. The first-order valence-electron chi connectivity index (χ1n) is 7.32. The Morgan fingerprint density at radius 2 is 2.25 bits per heavy atom. The second-order valence-electron chi connectivity index (χ2n) is 5.50. The molecule has 2 rings (SSSR count). The Balaban J connectivity index is 2.00. The van der Waals surface area contributed by atoms with E-state index < -0.39 is 0 Å². The van der Waals surface area contributed by atoms with Crippen LogP contribution in [0.3, 0.4) is 0 Å². The van der Waals surface area contributed by atoms with E-state index in [4.69, 9.17) is 22.1 Å². The van der Waals surface area contributed by atoms with Crippen molar-refractivity contribution in [1.82, 2.24) is 0 Å². The van der Waals surface area contributed by atoms with Crippen LogP contribution in [0.5, 0.6) is 0 Å². The van der Waals surface area contributed by atoms with E-state index in [0.29, 0.717) is 29.7 Å². The summed E-state index contributed by atoms with van der Waals surface area (Å²) in [5.74, 6) is 0.682. The number of carbonyl (C=O) groups is 1. The Hall–Kier alpha value is -1.22. The number of halogens is 1. The van der Waals surface area contributed by atoms with E-state index in [9.17, 15) is 4.79 Å². The average Bonchev–Trinajstić information content (AvgIpc) is 3.24. The minimum atomic E-state index is -0.108. The van der Waals surface area contributed by atoms with E-state index >= 15 is 0 Å². The summed E-state index contributed by atoms with van der Waals surface area (Å²) in [5, 5.41) is 0.564. The molecule has 2 N–H and O–H groups in total. The normalized spacial score (nSPS) is 15.9. The number of nitrogens with two attached hydrogens (primary N) is 1. The molecule has 1 saturated carbocycles. The number of benzene rings is 1. The van der Waals surface area contributed by atoms with E-state index in [0.717, 1.165) is 18.4 Å². The third kappa shape index (κ3) is 4.14. The van der Waals surface area contributed by atoms with Crippen molar-refractivity contribution < 1.29 is 9.53 Å². The van der Waals surface area contributed by atoms with Gasteiger partial charge in [0.15, 0.2) is 0 Å². The van der Waals surface area contributed by atoms with Gasteiger partial charge in [-0.1, -0.05) is 31.0 Å². The molecule has 0 aliphatic heterocycles. The number of ether oxygens (including phenoxy) is 1. The fourth-order valence-electron chi connectivity index (χ4n) is 2.42. The van der Waals surface area contributed by atoms with Crippen LogP contribution in [0.15, 0.2) is 18.2 Å². The molecule has 0 saturated heterocycles. The summed E-state index contributed by atoms with van der Waals surface area (Å²) in [6, 6.07) is 5.68. The quantitative estimate of drug-likeness (QED) is 0.467. The zero-order valence-electron chi connectivity index (χ0n) is 11.9. The minimum Gasteiger partial charge on any atom is -0.466 e. The average molecular weight is 296 g/mol. The standard InChI is InChI=1S/C16H22ClNO2/c1-2-3-8-20-16(19)10-13(11-4-5-11)12-6-7-14(17)15(18)9-12/h6-7,9,11,13H,2-5,8,10,18H2,1H3. The molecular formula is C16H22ClNO2. The minimum absolute atomic E-state index is 0.108. The van der Waals surface area contributed by atoms with Gasteiger partial charge in [-0.2, -0.15) is 0 Å². The number of unbranched alkanes of at least 4 members (excludes halogenated alkanes) is 1. The van der Waals surface area contributed by atoms with Gasteiger partial charge in [0, 0.05) is 0 Å². The summed E-state index contributed by atoms with van der Waals surface area (Å²) >= 11 is 5.95. The predicted octanol–water partition coefficient (Wildman–Crippen LogP) is 4.15. The van der Waals surface area contributed by atoms with Gasteiger partial charge in [0.25, 0.3) is 0 Å². The van der Waals surface area contributed by atoms with Crippen molar-refractivity contribution in [3.8, 4) is 0 Å². The van der Waals surface area contributed by atoms with Crippen molar-refractivity contribution in [3.05, 3.63) is 28.8 Å². The number of carbonyl (C=O) groups excluding carboxylic acids is 1. The van der Waals surface area contributed by atoms with Crippen LogP contribution in [-0.4, -0.2) is 12.6 Å².